The number of fused-ring (bicyclic) bond motifs is 1. The van der Waals surface area contributed by atoms with Gasteiger partial charge in [0.15, 0.2) is 0 Å². The van der Waals surface area contributed by atoms with Gasteiger partial charge in [0, 0.05) is 10.9 Å². The van der Waals surface area contributed by atoms with Gasteiger partial charge >= 0.3 is 0 Å². The largest absolute Gasteiger partial charge is 0.205 e. The van der Waals surface area contributed by atoms with Gasteiger partial charge < -0.3 is 0 Å². The van der Waals surface area contributed by atoms with E-state index in [1.165, 1.54) is 81.8 Å². The third-order valence-corrected chi connectivity index (χ3v) is 8.27. The van der Waals surface area contributed by atoms with Crippen LogP contribution < -0.4 is 0 Å². The summed E-state index contributed by atoms with van der Waals surface area (Å²) in [6.07, 6.45) is 16.9. The average molecular weight is 483 g/mol. The Hall–Kier alpha value is -2.59. The minimum absolute atomic E-state index is 0.205. The van der Waals surface area contributed by atoms with Crippen molar-refractivity contribution in [1.29, 1.82) is 0 Å². The van der Waals surface area contributed by atoms with Crippen molar-refractivity contribution in [3.8, 4) is 11.8 Å². The molecule has 36 heavy (non-hydrogen) atoms. The van der Waals surface area contributed by atoms with Crippen LogP contribution in [-0.4, -0.2) is 0 Å². The molecular weight excluding hydrogens is 439 g/mol. The highest BCUT2D eigenvalue weighted by Crippen LogP contribution is 2.33. The predicted molar refractivity (Wildman–Crippen MR) is 153 cm³/mol. The van der Waals surface area contributed by atoms with Crippen LogP contribution in [0.4, 0.5) is 4.39 Å². The maximum Gasteiger partial charge on any atom is 0.146 e. The lowest BCUT2D eigenvalue weighted by Crippen LogP contribution is -2.14. The predicted octanol–water partition coefficient (Wildman–Crippen LogP) is 10.0. The third kappa shape index (κ3) is 7.46. The van der Waals surface area contributed by atoms with Crippen LogP contribution in [0.25, 0.3) is 10.8 Å². The first-order valence-electron chi connectivity index (χ1n) is 14.5. The molecule has 3 aromatic carbocycles. The van der Waals surface area contributed by atoms with E-state index in [2.05, 4.69) is 62.1 Å². The van der Waals surface area contributed by atoms with Crippen LogP contribution in [0.1, 0.15) is 107 Å². The van der Waals surface area contributed by atoms with Gasteiger partial charge in [0.05, 0.1) is 5.56 Å². The van der Waals surface area contributed by atoms with Gasteiger partial charge in [0.2, 0.25) is 0 Å². The average Bonchev–Trinajstić information content (AvgIpc) is 2.92. The van der Waals surface area contributed by atoms with Crippen molar-refractivity contribution in [3.63, 3.8) is 0 Å². The number of hydrogen-bond acceptors (Lipinski definition) is 0. The molecule has 1 heteroatoms. The highest BCUT2D eigenvalue weighted by Gasteiger charge is 2.19. The van der Waals surface area contributed by atoms with E-state index in [9.17, 15) is 0 Å². The summed E-state index contributed by atoms with van der Waals surface area (Å²) >= 11 is 0. The first-order valence-corrected chi connectivity index (χ1v) is 14.5. The molecule has 0 heterocycles. The Kier molecular flexibility index (Phi) is 10.0. The topological polar surface area (TPSA) is 0 Å². The number of benzene rings is 3. The highest BCUT2D eigenvalue weighted by molar-refractivity contribution is 5.85. The van der Waals surface area contributed by atoms with E-state index in [0.29, 0.717) is 10.9 Å². The van der Waals surface area contributed by atoms with Crippen LogP contribution in [-0.2, 0) is 12.8 Å². The Morgan fingerprint density at radius 2 is 1.44 bits per heavy atom. The summed E-state index contributed by atoms with van der Waals surface area (Å²) in [4.78, 5) is 0. The molecule has 0 saturated heterocycles. The van der Waals surface area contributed by atoms with Crippen molar-refractivity contribution < 1.29 is 4.39 Å². The monoisotopic (exact) mass is 482 g/mol. The quantitative estimate of drug-likeness (QED) is 0.199. The Morgan fingerprint density at radius 3 is 2.19 bits per heavy atom. The van der Waals surface area contributed by atoms with Gasteiger partial charge in [-0.05, 0) is 72.2 Å². The number of halogens is 1. The van der Waals surface area contributed by atoms with Crippen molar-refractivity contribution in [2.24, 2.45) is 11.8 Å². The molecule has 3 aromatic rings. The molecule has 0 nitrogen and oxygen atoms in total. The van der Waals surface area contributed by atoms with Crippen molar-refractivity contribution in [2.45, 2.75) is 97.3 Å². The van der Waals surface area contributed by atoms with Gasteiger partial charge in [0.1, 0.15) is 5.82 Å². The van der Waals surface area contributed by atoms with E-state index in [1.54, 1.807) is 0 Å². The van der Waals surface area contributed by atoms with E-state index >= 15 is 4.39 Å². The van der Waals surface area contributed by atoms with Gasteiger partial charge in [0.25, 0.3) is 0 Å². The van der Waals surface area contributed by atoms with Gasteiger partial charge in [-0.2, -0.15) is 0 Å². The molecule has 0 unspecified atom stereocenters. The molecule has 190 valence electrons. The summed E-state index contributed by atoms with van der Waals surface area (Å²) in [6, 6.07) is 18.6. The Labute approximate surface area is 218 Å². The number of rotatable bonds is 10. The maximum atomic E-state index is 15.2. The second-order valence-corrected chi connectivity index (χ2v) is 10.9. The number of aryl methyl sites for hydroxylation is 2. The maximum absolute atomic E-state index is 15.2. The second-order valence-electron chi connectivity index (χ2n) is 10.9. The molecule has 1 aliphatic rings. The lowest BCUT2D eigenvalue weighted by atomic mass is 9.78. The van der Waals surface area contributed by atoms with Crippen LogP contribution in [0.5, 0.6) is 0 Å². The zero-order valence-corrected chi connectivity index (χ0v) is 22.4. The molecule has 0 aliphatic heterocycles. The lowest BCUT2D eigenvalue weighted by molar-refractivity contribution is 0.259. The van der Waals surface area contributed by atoms with E-state index in [0.717, 1.165) is 35.6 Å². The zero-order chi connectivity index (χ0) is 25.2. The van der Waals surface area contributed by atoms with Crippen LogP contribution in [0, 0.1) is 29.5 Å². The molecule has 0 spiro atoms. The van der Waals surface area contributed by atoms with E-state index in [-0.39, 0.29) is 5.82 Å². The Morgan fingerprint density at radius 1 is 0.722 bits per heavy atom. The molecule has 0 radical (unpaired) electrons. The van der Waals surface area contributed by atoms with Crippen LogP contribution in [0.3, 0.4) is 0 Å². The minimum Gasteiger partial charge on any atom is -0.205 e. The SMILES string of the molecule is CCCCCCCc1ccc2c(F)c(C#Cc3ccc(CCC4CCC(CC)CC4)cc3)ccc2c1. The Balaban J connectivity index is 1.33. The van der Waals surface area contributed by atoms with Crippen molar-refractivity contribution in [2.75, 3.05) is 0 Å². The number of unbranched alkanes of at least 4 members (excludes halogenated alkanes) is 4. The van der Waals surface area contributed by atoms with Crippen LogP contribution in [0.15, 0.2) is 54.6 Å². The fourth-order valence-electron chi connectivity index (χ4n) is 5.72. The molecule has 0 N–H and O–H groups in total. The summed E-state index contributed by atoms with van der Waals surface area (Å²) in [5.74, 6) is 7.91. The molecule has 0 amide bonds. The van der Waals surface area contributed by atoms with E-state index < -0.39 is 0 Å². The van der Waals surface area contributed by atoms with Crippen molar-refractivity contribution >= 4 is 10.8 Å². The Bertz CT molecular complexity index is 1150. The molecular formula is C35H43F. The molecule has 1 saturated carbocycles. The first kappa shape index (κ1) is 26.5. The standard InChI is InChI=1S/C35H43F/c1-3-5-6-7-8-9-31-21-25-34-33(26-31)24-23-32(35(34)36)22-20-30-18-16-29(17-19-30)15-14-28-12-10-27(4-2)11-13-28/h16-19,21,23-28H,3-15H2,1-2H3. The summed E-state index contributed by atoms with van der Waals surface area (Å²) in [6.45, 7) is 4.57. The summed E-state index contributed by atoms with van der Waals surface area (Å²) < 4.78 is 15.2. The molecule has 0 atom stereocenters. The van der Waals surface area contributed by atoms with Crippen LogP contribution >= 0.6 is 0 Å². The normalized spacial score (nSPS) is 17.6. The second kappa shape index (κ2) is 13.6. The molecule has 0 bridgehead atoms. The summed E-state index contributed by atoms with van der Waals surface area (Å²) in [5.41, 5.74) is 4.10. The van der Waals surface area contributed by atoms with Gasteiger partial charge in [-0.15, -0.1) is 0 Å². The molecule has 0 aromatic heterocycles. The van der Waals surface area contributed by atoms with Gasteiger partial charge in [-0.3, -0.25) is 0 Å². The summed E-state index contributed by atoms with van der Waals surface area (Å²) in [5, 5.41) is 1.64. The van der Waals surface area contributed by atoms with Gasteiger partial charge in [-0.25, -0.2) is 4.39 Å². The van der Waals surface area contributed by atoms with E-state index in [1.807, 2.05) is 18.2 Å². The zero-order valence-electron chi connectivity index (χ0n) is 22.4. The van der Waals surface area contributed by atoms with Crippen molar-refractivity contribution in [3.05, 3.63) is 82.7 Å². The van der Waals surface area contributed by atoms with Crippen molar-refractivity contribution in [1.82, 2.24) is 0 Å². The molecule has 4 rings (SSSR count). The molecule has 1 aliphatic carbocycles. The fraction of sp³-hybridized carbons (Fsp3) is 0.486. The lowest BCUT2D eigenvalue weighted by Gasteiger charge is -2.27. The van der Waals surface area contributed by atoms with Crippen LogP contribution in [0.2, 0.25) is 0 Å². The van der Waals surface area contributed by atoms with E-state index in [4.69, 9.17) is 0 Å². The summed E-state index contributed by atoms with van der Waals surface area (Å²) in [7, 11) is 0. The molecule has 1 fully saturated rings. The first-order chi connectivity index (χ1) is 17.7. The van der Waals surface area contributed by atoms with Gasteiger partial charge in [-0.1, -0.05) is 120 Å². The fourth-order valence-corrected chi connectivity index (χ4v) is 5.72. The smallest absolute Gasteiger partial charge is 0.146 e. The number of hydrogen-bond donors (Lipinski definition) is 0. The third-order valence-electron chi connectivity index (χ3n) is 8.27. The highest BCUT2D eigenvalue weighted by atomic mass is 19.1. The minimum atomic E-state index is -0.205.